The number of rotatable bonds is 3. The number of nitrogens with zero attached hydrogens (tertiary/aromatic N) is 4. The molecule has 0 N–H and O–H groups in total. The molecule has 0 spiro atoms. The zero-order valence-corrected chi connectivity index (χ0v) is 16.1. The summed E-state index contributed by atoms with van der Waals surface area (Å²) in [6, 6.07) is 8.03. The average molecular weight is 376 g/mol. The normalized spacial score (nSPS) is 17.9. The molecule has 1 saturated carbocycles. The Morgan fingerprint density at radius 3 is 2.68 bits per heavy atom. The van der Waals surface area contributed by atoms with Gasteiger partial charge in [-0.05, 0) is 51.3 Å². The van der Waals surface area contributed by atoms with E-state index in [4.69, 9.17) is 0 Å². The predicted molar refractivity (Wildman–Crippen MR) is 105 cm³/mol. The van der Waals surface area contributed by atoms with E-state index in [1.54, 1.807) is 16.8 Å². The summed E-state index contributed by atoms with van der Waals surface area (Å²) in [5.74, 6) is 0.467. The molecule has 1 aliphatic heterocycles. The molecule has 5 nitrogen and oxygen atoms in total. The van der Waals surface area contributed by atoms with E-state index < -0.39 is 11.2 Å². The minimum absolute atomic E-state index is 0.169. The van der Waals surface area contributed by atoms with Gasteiger partial charge in [0.1, 0.15) is 5.82 Å². The molecule has 3 aromatic rings. The summed E-state index contributed by atoms with van der Waals surface area (Å²) in [4.78, 5) is 23.4. The van der Waals surface area contributed by atoms with Crippen molar-refractivity contribution >= 4 is 11.6 Å². The number of halogens is 1. The van der Waals surface area contributed by atoms with E-state index >= 15 is 0 Å². The molecule has 0 bridgehead atoms. The third kappa shape index (κ3) is 2.40. The van der Waals surface area contributed by atoms with Crippen LogP contribution in [0.1, 0.15) is 38.1 Å². The minimum Gasteiger partial charge on any atom is -0.308 e. The van der Waals surface area contributed by atoms with Crippen LogP contribution in [-0.4, -0.2) is 26.5 Å². The fraction of sp³-hybridized carbons (Fsp3) is 0.318. The quantitative estimate of drug-likeness (QED) is 0.689. The number of benzene rings is 1. The second-order valence-corrected chi connectivity index (χ2v) is 8.13. The lowest BCUT2D eigenvalue weighted by Gasteiger charge is -2.19. The van der Waals surface area contributed by atoms with Crippen molar-refractivity contribution in [3.8, 4) is 16.9 Å². The van der Waals surface area contributed by atoms with Crippen LogP contribution in [0.15, 0.2) is 42.9 Å². The van der Waals surface area contributed by atoms with Gasteiger partial charge in [-0.25, -0.2) is 9.37 Å². The molecule has 5 rings (SSSR count). The number of carbonyl (C=O) groups excluding carboxylic acids is 1. The Hall–Kier alpha value is -3.02. The molecule has 1 fully saturated rings. The number of fused-ring (bicyclic) bond motifs is 1. The number of hydrogen-bond acceptors (Lipinski definition) is 3. The molecule has 2 aliphatic rings. The lowest BCUT2D eigenvalue weighted by Crippen LogP contribution is -2.37. The highest BCUT2D eigenvalue weighted by molar-refractivity contribution is 6.08. The van der Waals surface area contributed by atoms with Crippen molar-refractivity contribution < 1.29 is 9.18 Å². The van der Waals surface area contributed by atoms with Crippen LogP contribution in [0.2, 0.25) is 0 Å². The minimum atomic E-state index is -0.508. The summed E-state index contributed by atoms with van der Waals surface area (Å²) >= 11 is 0. The van der Waals surface area contributed by atoms with Gasteiger partial charge in [-0.15, -0.1) is 0 Å². The van der Waals surface area contributed by atoms with Crippen LogP contribution in [0, 0.1) is 12.7 Å². The summed E-state index contributed by atoms with van der Waals surface area (Å²) in [7, 11) is 0. The molecule has 0 saturated heterocycles. The first kappa shape index (κ1) is 17.1. The number of imidazole rings is 1. The molecule has 6 heteroatoms. The van der Waals surface area contributed by atoms with Crippen molar-refractivity contribution in [2.45, 2.75) is 45.1 Å². The SMILES string of the molecule is Cc1nc(-c2ccc3c(c2)N(C2CC2)C(=O)C3(C)C)cn1-c1ccncc1F. The maximum Gasteiger partial charge on any atom is 0.237 e. The number of carbonyl (C=O) groups is 1. The lowest BCUT2D eigenvalue weighted by atomic mass is 9.86. The fourth-order valence-electron chi connectivity index (χ4n) is 4.06. The van der Waals surface area contributed by atoms with Gasteiger partial charge in [-0.1, -0.05) is 12.1 Å². The van der Waals surface area contributed by atoms with Gasteiger partial charge in [0.15, 0.2) is 5.82 Å². The van der Waals surface area contributed by atoms with E-state index in [9.17, 15) is 9.18 Å². The van der Waals surface area contributed by atoms with Gasteiger partial charge in [0.25, 0.3) is 0 Å². The lowest BCUT2D eigenvalue weighted by molar-refractivity contribution is -0.122. The second-order valence-electron chi connectivity index (χ2n) is 8.13. The Balaban J connectivity index is 1.60. The third-order valence-corrected chi connectivity index (χ3v) is 5.78. The number of amides is 1. The zero-order valence-electron chi connectivity index (χ0n) is 16.1. The maximum atomic E-state index is 14.2. The fourth-order valence-corrected chi connectivity index (χ4v) is 4.06. The van der Waals surface area contributed by atoms with Crippen molar-refractivity contribution in [2.24, 2.45) is 0 Å². The number of hydrogen-bond donors (Lipinski definition) is 0. The van der Waals surface area contributed by atoms with Gasteiger partial charge < -0.3 is 9.47 Å². The number of aromatic nitrogens is 3. The van der Waals surface area contributed by atoms with E-state index in [0.29, 0.717) is 17.6 Å². The monoisotopic (exact) mass is 376 g/mol. The molecule has 3 heterocycles. The number of anilines is 1. The Morgan fingerprint density at radius 1 is 1.18 bits per heavy atom. The smallest absolute Gasteiger partial charge is 0.237 e. The van der Waals surface area contributed by atoms with Gasteiger partial charge in [-0.3, -0.25) is 9.78 Å². The summed E-state index contributed by atoms with van der Waals surface area (Å²) < 4.78 is 15.9. The summed E-state index contributed by atoms with van der Waals surface area (Å²) in [6.07, 6.45) is 6.71. The van der Waals surface area contributed by atoms with Gasteiger partial charge in [0.05, 0.1) is 23.0 Å². The van der Waals surface area contributed by atoms with Crippen LogP contribution in [0.5, 0.6) is 0 Å². The molecule has 1 aromatic carbocycles. The molecule has 0 unspecified atom stereocenters. The maximum absolute atomic E-state index is 14.2. The topological polar surface area (TPSA) is 51.0 Å². The molecular weight excluding hydrogens is 355 g/mol. The largest absolute Gasteiger partial charge is 0.308 e. The molecule has 28 heavy (non-hydrogen) atoms. The van der Waals surface area contributed by atoms with E-state index in [1.807, 2.05) is 44.0 Å². The molecule has 1 aliphatic carbocycles. The van der Waals surface area contributed by atoms with Gasteiger partial charge in [0, 0.05) is 29.7 Å². The first-order chi connectivity index (χ1) is 13.4. The van der Waals surface area contributed by atoms with Crippen molar-refractivity contribution in [3.05, 3.63) is 60.1 Å². The first-order valence-corrected chi connectivity index (χ1v) is 9.52. The van der Waals surface area contributed by atoms with Crippen LogP contribution in [0.25, 0.3) is 16.9 Å². The highest BCUT2D eigenvalue weighted by Crippen LogP contribution is 2.47. The van der Waals surface area contributed by atoms with Crippen LogP contribution < -0.4 is 4.90 Å². The predicted octanol–water partition coefficient (Wildman–Crippen LogP) is 4.17. The van der Waals surface area contributed by atoms with E-state index in [1.165, 1.54) is 6.20 Å². The Labute approximate surface area is 162 Å². The van der Waals surface area contributed by atoms with Crippen molar-refractivity contribution in [2.75, 3.05) is 4.90 Å². The molecule has 1 amide bonds. The summed E-state index contributed by atoms with van der Waals surface area (Å²) in [5.41, 5.74) is 3.63. The second kappa shape index (κ2) is 5.74. The molecule has 142 valence electrons. The summed E-state index contributed by atoms with van der Waals surface area (Å²) in [5, 5.41) is 0. The van der Waals surface area contributed by atoms with Crippen molar-refractivity contribution in [3.63, 3.8) is 0 Å². The van der Waals surface area contributed by atoms with Crippen molar-refractivity contribution in [1.82, 2.24) is 14.5 Å². The van der Waals surface area contributed by atoms with E-state index in [-0.39, 0.29) is 5.91 Å². The van der Waals surface area contributed by atoms with Crippen molar-refractivity contribution in [1.29, 1.82) is 0 Å². The third-order valence-electron chi connectivity index (χ3n) is 5.78. The molecule has 0 radical (unpaired) electrons. The van der Waals surface area contributed by atoms with Crippen LogP contribution in [0.3, 0.4) is 0 Å². The van der Waals surface area contributed by atoms with Crippen LogP contribution in [0.4, 0.5) is 10.1 Å². The molecule has 0 atom stereocenters. The number of aryl methyl sites for hydroxylation is 1. The Morgan fingerprint density at radius 2 is 1.96 bits per heavy atom. The average Bonchev–Trinajstić information content (AvgIpc) is 3.39. The highest BCUT2D eigenvalue weighted by Gasteiger charge is 2.49. The first-order valence-electron chi connectivity index (χ1n) is 9.52. The van der Waals surface area contributed by atoms with Gasteiger partial charge in [0.2, 0.25) is 5.91 Å². The number of pyridine rings is 1. The van der Waals surface area contributed by atoms with E-state index in [0.717, 1.165) is 35.3 Å². The molecule has 2 aromatic heterocycles. The highest BCUT2D eigenvalue weighted by atomic mass is 19.1. The Kier molecular flexibility index (Phi) is 3.50. The van der Waals surface area contributed by atoms with Crippen LogP contribution >= 0.6 is 0 Å². The summed E-state index contributed by atoms with van der Waals surface area (Å²) in [6.45, 7) is 5.82. The van der Waals surface area contributed by atoms with Gasteiger partial charge in [-0.2, -0.15) is 0 Å². The standard InChI is InChI=1S/C22H21FN4O/c1-13-25-18(12-26(13)19-8-9-24-11-17(19)23)14-4-7-16-20(10-14)27(15-5-6-15)21(28)22(16,2)3/h4,7-12,15H,5-6H2,1-3H3. The Bertz CT molecular complexity index is 1110. The van der Waals surface area contributed by atoms with E-state index in [2.05, 4.69) is 16.0 Å². The van der Waals surface area contributed by atoms with Crippen LogP contribution in [-0.2, 0) is 10.2 Å². The molecular formula is C22H21FN4O. The zero-order chi connectivity index (χ0) is 19.6. The van der Waals surface area contributed by atoms with Gasteiger partial charge >= 0.3 is 0 Å².